The molecule has 0 bridgehead atoms. The largest absolute Gasteiger partial charge is 0.392 e. The van der Waals surface area contributed by atoms with Gasteiger partial charge in [0.1, 0.15) is 0 Å². The number of carbonyl (C=O) groups excluding carboxylic acids is 1. The summed E-state index contributed by atoms with van der Waals surface area (Å²) in [6, 6.07) is 12.2. The van der Waals surface area contributed by atoms with Gasteiger partial charge in [-0.05, 0) is 43.0 Å². The van der Waals surface area contributed by atoms with Crippen LogP contribution in [0.1, 0.15) is 47.3 Å². The fourth-order valence-corrected chi connectivity index (χ4v) is 3.34. The number of piperidine rings is 1. The van der Waals surface area contributed by atoms with Crippen molar-refractivity contribution in [2.24, 2.45) is 0 Å². The van der Waals surface area contributed by atoms with Crippen molar-refractivity contribution in [1.29, 1.82) is 0 Å². The van der Waals surface area contributed by atoms with Crippen LogP contribution < -0.4 is 5.32 Å². The van der Waals surface area contributed by atoms with E-state index in [9.17, 15) is 9.90 Å². The lowest BCUT2D eigenvalue weighted by molar-refractivity contribution is 0.0702. The zero-order chi connectivity index (χ0) is 17.6. The Hall–Kier alpha value is -2.24. The minimum Gasteiger partial charge on any atom is -0.392 e. The van der Waals surface area contributed by atoms with Crippen LogP contribution >= 0.6 is 0 Å². The summed E-state index contributed by atoms with van der Waals surface area (Å²) in [5, 5.41) is 12.9. The first kappa shape index (κ1) is 17.6. The summed E-state index contributed by atoms with van der Waals surface area (Å²) in [7, 11) is 0. The number of nitrogens with one attached hydrogen (secondary N) is 1. The fourth-order valence-electron chi connectivity index (χ4n) is 3.34. The van der Waals surface area contributed by atoms with Crippen LogP contribution in [0.2, 0.25) is 0 Å². The number of pyridine rings is 1. The van der Waals surface area contributed by atoms with Gasteiger partial charge in [-0.3, -0.25) is 9.78 Å². The van der Waals surface area contributed by atoms with E-state index < -0.39 is 0 Å². The summed E-state index contributed by atoms with van der Waals surface area (Å²) >= 11 is 0. The van der Waals surface area contributed by atoms with E-state index in [2.05, 4.69) is 23.3 Å². The first-order valence-corrected chi connectivity index (χ1v) is 8.82. The number of aromatic nitrogens is 1. The molecule has 1 saturated heterocycles. The third kappa shape index (κ3) is 4.44. The molecule has 2 heterocycles. The predicted octanol–water partition coefficient (Wildman–Crippen LogP) is 2.53. The highest BCUT2D eigenvalue weighted by Gasteiger charge is 2.24. The van der Waals surface area contributed by atoms with Crippen molar-refractivity contribution < 1.29 is 9.90 Å². The molecule has 0 saturated carbocycles. The van der Waals surface area contributed by atoms with Crippen LogP contribution in [0.3, 0.4) is 0 Å². The average Bonchev–Trinajstić information content (AvgIpc) is 2.68. The summed E-state index contributed by atoms with van der Waals surface area (Å²) in [6.07, 6.45) is 5.20. The zero-order valence-electron chi connectivity index (χ0n) is 14.6. The molecule has 132 valence electrons. The van der Waals surface area contributed by atoms with Gasteiger partial charge < -0.3 is 15.3 Å². The number of amides is 1. The van der Waals surface area contributed by atoms with Crippen molar-refractivity contribution in [3.8, 4) is 0 Å². The van der Waals surface area contributed by atoms with Crippen LogP contribution in [0, 0.1) is 0 Å². The Morgan fingerprint density at radius 3 is 2.68 bits per heavy atom. The lowest BCUT2D eigenvalue weighted by Gasteiger charge is -2.34. The van der Waals surface area contributed by atoms with Crippen LogP contribution in [-0.4, -0.2) is 40.0 Å². The van der Waals surface area contributed by atoms with E-state index in [1.807, 2.05) is 23.1 Å². The zero-order valence-corrected chi connectivity index (χ0v) is 14.6. The van der Waals surface area contributed by atoms with Crippen molar-refractivity contribution in [3.05, 3.63) is 65.5 Å². The molecule has 25 heavy (non-hydrogen) atoms. The highest BCUT2D eigenvalue weighted by atomic mass is 16.3. The van der Waals surface area contributed by atoms with E-state index in [1.165, 1.54) is 5.56 Å². The summed E-state index contributed by atoms with van der Waals surface area (Å²) in [6.45, 7) is 3.74. The molecule has 1 fully saturated rings. The number of nitrogens with zero attached hydrogens (tertiary/aromatic N) is 2. The average molecular weight is 339 g/mol. The summed E-state index contributed by atoms with van der Waals surface area (Å²) in [4.78, 5) is 18.4. The Bertz CT molecular complexity index is 697. The van der Waals surface area contributed by atoms with E-state index in [0.29, 0.717) is 11.6 Å². The van der Waals surface area contributed by atoms with Crippen molar-refractivity contribution in [2.45, 2.75) is 38.5 Å². The summed E-state index contributed by atoms with van der Waals surface area (Å²) < 4.78 is 0. The van der Waals surface area contributed by atoms with Gasteiger partial charge in [0.05, 0.1) is 6.61 Å². The molecular weight excluding hydrogens is 314 g/mol. The normalized spacial score (nSPS) is 16.6. The third-order valence-corrected chi connectivity index (χ3v) is 4.83. The first-order valence-electron chi connectivity index (χ1n) is 8.82. The molecule has 1 aliphatic heterocycles. The van der Waals surface area contributed by atoms with E-state index >= 15 is 0 Å². The van der Waals surface area contributed by atoms with E-state index in [-0.39, 0.29) is 18.6 Å². The fraction of sp³-hybridized carbons (Fsp3) is 0.400. The Morgan fingerprint density at radius 2 is 2.00 bits per heavy atom. The molecule has 2 aromatic rings. The maximum absolute atomic E-state index is 12.5. The third-order valence-electron chi connectivity index (χ3n) is 4.83. The standard InChI is InChI=1S/C20H25N3O2/c1-15(18-4-2-3-16(13-18)14-24)22-19-7-11-23(12-8-19)20(25)17-5-9-21-10-6-17/h2-6,9-10,13,15,19,22,24H,7-8,11-12,14H2,1H3/t15-/m0/s1. The van der Waals surface area contributed by atoms with E-state index in [1.54, 1.807) is 24.5 Å². The number of hydrogen-bond donors (Lipinski definition) is 2. The van der Waals surface area contributed by atoms with Gasteiger partial charge in [0, 0.05) is 43.1 Å². The number of hydrogen-bond acceptors (Lipinski definition) is 4. The molecule has 2 N–H and O–H groups in total. The lowest BCUT2D eigenvalue weighted by Crippen LogP contribution is -2.45. The van der Waals surface area contributed by atoms with Crippen molar-refractivity contribution >= 4 is 5.91 Å². The molecule has 5 heteroatoms. The highest BCUT2D eigenvalue weighted by Crippen LogP contribution is 2.19. The second-order valence-electron chi connectivity index (χ2n) is 6.59. The van der Waals surface area contributed by atoms with Gasteiger partial charge in [-0.1, -0.05) is 24.3 Å². The van der Waals surface area contributed by atoms with Crippen molar-refractivity contribution in [1.82, 2.24) is 15.2 Å². The van der Waals surface area contributed by atoms with Gasteiger partial charge in [-0.15, -0.1) is 0 Å². The Balaban J connectivity index is 1.53. The summed E-state index contributed by atoms with van der Waals surface area (Å²) in [5.41, 5.74) is 2.82. The maximum Gasteiger partial charge on any atom is 0.253 e. The Kier molecular flexibility index (Phi) is 5.79. The SMILES string of the molecule is C[C@H](NC1CCN(C(=O)c2ccncc2)CC1)c1cccc(CO)c1. The monoisotopic (exact) mass is 339 g/mol. The number of aliphatic hydroxyl groups is 1. The first-order chi connectivity index (χ1) is 12.2. The second kappa shape index (κ2) is 8.23. The molecule has 0 aliphatic carbocycles. The van der Waals surface area contributed by atoms with Gasteiger partial charge in [0.25, 0.3) is 5.91 Å². The van der Waals surface area contributed by atoms with Gasteiger partial charge in [0.2, 0.25) is 0 Å². The maximum atomic E-state index is 12.5. The molecule has 1 aliphatic rings. The van der Waals surface area contributed by atoms with Crippen LogP contribution in [0.4, 0.5) is 0 Å². The molecule has 3 rings (SSSR count). The second-order valence-corrected chi connectivity index (χ2v) is 6.59. The van der Waals surface area contributed by atoms with Gasteiger partial charge in [-0.2, -0.15) is 0 Å². The quantitative estimate of drug-likeness (QED) is 0.878. The van der Waals surface area contributed by atoms with Gasteiger partial charge in [-0.25, -0.2) is 0 Å². The molecule has 1 aromatic carbocycles. The number of benzene rings is 1. The van der Waals surface area contributed by atoms with Gasteiger partial charge in [0.15, 0.2) is 0 Å². The molecule has 0 radical (unpaired) electrons. The molecule has 1 amide bonds. The smallest absolute Gasteiger partial charge is 0.253 e. The molecule has 1 aromatic heterocycles. The molecule has 1 atom stereocenters. The summed E-state index contributed by atoms with van der Waals surface area (Å²) in [5.74, 6) is 0.0875. The number of likely N-dealkylation sites (tertiary alicyclic amines) is 1. The number of aliphatic hydroxyl groups excluding tert-OH is 1. The predicted molar refractivity (Wildman–Crippen MR) is 97.1 cm³/mol. The molecular formula is C20H25N3O2. The van der Waals surface area contributed by atoms with Crippen LogP contribution in [-0.2, 0) is 6.61 Å². The van der Waals surface area contributed by atoms with Crippen molar-refractivity contribution in [2.75, 3.05) is 13.1 Å². The number of carbonyl (C=O) groups is 1. The lowest BCUT2D eigenvalue weighted by atomic mass is 10.00. The molecule has 0 spiro atoms. The van der Waals surface area contributed by atoms with Crippen LogP contribution in [0.15, 0.2) is 48.8 Å². The van der Waals surface area contributed by atoms with Crippen LogP contribution in [0.5, 0.6) is 0 Å². The molecule has 5 nitrogen and oxygen atoms in total. The minimum atomic E-state index is 0.0655. The highest BCUT2D eigenvalue weighted by molar-refractivity contribution is 5.94. The van der Waals surface area contributed by atoms with Crippen LogP contribution in [0.25, 0.3) is 0 Å². The Morgan fingerprint density at radius 1 is 1.28 bits per heavy atom. The minimum absolute atomic E-state index is 0.0655. The molecule has 0 unspecified atom stereocenters. The van der Waals surface area contributed by atoms with Gasteiger partial charge >= 0.3 is 0 Å². The number of rotatable bonds is 5. The van der Waals surface area contributed by atoms with E-state index in [4.69, 9.17) is 0 Å². The topological polar surface area (TPSA) is 65.5 Å². The van der Waals surface area contributed by atoms with E-state index in [0.717, 1.165) is 31.5 Å². The Labute approximate surface area is 148 Å². The van der Waals surface area contributed by atoms with Crippen molar-refractivity contribution in [3.63, 3.8) is 0 Å².